The molecular formula is C21H26F3N5O3. The van der Waals surface area contributed by atoms with Crippen LogP contribution in [0, 0.1) is 5.41 Å². The Morgan fingerprint density at radius 2 is 1.97 bits per heavy atom. The Kier molecular flexibility index (Phi) is 5.64. The van der Waals surface area contributed by atoms with E-state index in [1.165, 1.54) is 6.07 Å². The molecule has 2 N–H and O–H groups in total. The van der Waals surface area contributed by atoms with Crippen LogP contribution in [0.3, 0.4) is 0 Å². The van der Waals surface area contributed by atoms with Gasteiger partial charge in [0.05, 0.1) is 36.6 Å². The number of halogens is 3. The fraction of sp³-hybridized carbons (Fsp3) is 0.619. The lowest BCUT2D eigenvalue weighted by Crippen LogP contribution is -2.42. The van der Waals surface area contributed by atoms with Crippen molar-refractivity contribution >= 4 is 23.3 Å². The van der Waals surface area contributed by atoms with Crippen LogP contribution in [0.25, 0.3) is 5.57 Å². The van der Waals surface area contributed by atoms with Crippen LogP contribution in [0.1, 0.15) is 44.5 Å². The first-order chi connectivity index (χ1) is 15.1. The van der Waals surface area contributed by atoms with Gasteiger partial charge in [0.2, 0.25) is 5.95 Å². The monoisotopic (exact) mass is 453 g/mol. The fourth-order valence-electron chi connectivity index (χ4n) is 4.08. The minimum absolute atomic E-state index is 0.0862. The molecule has 1 aromatic rings. The van der Waals surface area contributed by atoms with Crippen LogP contribution in [0.2, 0.25) is 0 Å². The minimum Gasteiger partial charge on any atom is -0.465 e. The Bertz CT molecular complexity index is 968. The van der Waals surface area contributed by atoms with Crippen LogP contribution in [-0.2, 0) is 19.7 Å². The van der Waals surface area contributed by atoms with Gasteiger partial charge in [0.15, 0.2) is 0 Å². The molecule has 0 aromatic carbocycles. The molecule has 2 aliphatic heterocycles. The van der Waals surface area contributed by atoms with Crippen LogP contribution < -0.4 is 10.6 Å². The number of ether oxygens (including phenoxy) is 2. The lowest BCUT2D eigenvalue weighted by atomic mass is 9.75. The van der Waals surface area contributed by atoms with Crippen LogP contribution in [0.5, 0.6) is 0 Å². The van der Waals surface area contributed by atoms with Gasteiger partial charge in [-0.15, -0.1) is 0 Å². The molecule has 1 aliphatic carbocycles. The average Bonchev–Trinajstić information content (AvgIpc) is 3.56. The van der Waals surface area contributed by atoms with Crippen molar-refractivity contribution in [3.05, 3.63) is 23.7 Å². The van der Waals surface area contributed by atoms with Gasteiger partial charge >= 0.3 is 12.1 Å². The van der Waals surface area contributed by atoms with Gasteiger partial charge in [0.1, 0.15) is 11.3 Å². The number of anilines is 1. The van der Waals surface area contributed by atoms with Crippen LogP contribution in [0.15, 0.2) is 17.3 Å². The summed E-state index contributed by atoms with van der Waals surface area (Å²) < 4.78 is 53.1. The van der Waals surface area contributed by atoms with Gasteiger partial charge in [-0.25, -0.2) is 15.0 Å². The third-order valence-corrected chi connectivity index (χ3v) is 6.30. The summed E-state index contributed by atoms with van der Waals surface area (Å²) in [7, 11) is 0. The fourth-order valence-corrected chi connectivity index (χ4v) is 4.08. The number of hydrogen-bond acceptors (Lipinski definition) is 8. The predicted molar refractivity (Wildman–Crippen MR) is 111 cm³/mol. The molecule has 1 atom stereocenters. The summed E-state index contributed by atoms with van der Waals surface area (Å²) >= 11 is 0. The normalized spacial score (nSPS) is 25.1. The van der Waals surface area contributed by atoms with Gasteiger partial charge < -0.3 is 20.1 Å². The molecule has 32 heavy (non-hydrogen) atoms. The zero-order valence-electron chi connectivity index (χ0n) is 18.0. The van der Waals surface area contributed by atoms with Gasteiger partial charge in [-0.1, -0.05) is 0 Å². The van der Waals surface area contributed by atoms with Crippen molar-refractivity contribution in [3.8, 4) is 0 Å². The molecule has 11 heteroatoms. The van der Waals surface area contributed by atoms with E-state index in [0.717, 1.165) is 13.1 Å². The summed E-state index contributed by atoms with van der Waals surface area (Å²) in [6, 6.07) is 1.47. The summed E-state index contributed by atoms with van der Waals surface area (Å²) in [5, 5.41) is 0. The number of rotatable bonds is 5. The maximum Gasteiger partial charge on any atom is 0.398 e. The van der Waals surface area contributed by atoms with Crippen molar-refractivity contribution in [1.82, 2.24) is 9.97 Å². The maximum absolute atomic E-state index is 14.2. The van der Waals surface area contributed by atoms with Crippen molar-refractivity contribution in [1.29, 1.82) is 0 Å². The van der Waals surface area contributed by atoms with Crippen LogP contribution in [0.4, 0.5) is 19.1 Å². The Hall–Kier alpha value is -2.69. The lowest BCUT2D eigenvalue weighted by Gasteiger charge is -2.36. The Morgan fingerprint density at radius 3 is 2.56 bits per heavy atom. The smallest absolute Gasteiger partial charge is 0.398 e. The van der Waals surface area contributed by atoms with E-state index in [1.807, 2.05) is 4.90 Å². The molecule has 0 bridgehead atoms. The second kappa shape index (κ2) is 8.02. The Balaban J connectivity index is 1.85. The van der Waals surface area contributed by atoms with E-state index in [4.69, 9.17) is 15.2 Å². The number of nitrogens with two attached hydrogens (primary N) is 1. The van der Waals surface area contributed by atoms with Gasteiger partial charge in [-0.2, -0.15) is 13.2 Å². The molecule has 1 saturated carbocycles. The quantitative estimate of drug-likeness (QED) is 0.684. The Labute approximate surface area is 183 Å². The number of allylic oxidation sites excluding steroid dienone is 1. The lowest BCUT2D eigenvalue weighted by molar-refractivity contribution is -0.193. The first-order valence-electron chi connectivity index (χ1n) is 10.6. The number of amidine groups is 1. The number of alkyl halides is 3. The van der Waals surface area contributed by atoms with Crippen molar-refractivity contribution in [2.45, 2.75) is 44.7 Å². The van der Waals surface area contributed by atoms with E-state index in [1.54, 1.807) is 6.92 Å². The van der Waals surface area contributed by atoms with E-state index < -0.39 is 29.4 Å². The SMILES string of the molecule is CCOC(=O)C1(c2cc(C3=CN=C(N)CC3(C)C(F)(F)F)nc(N3CCOCC3)n2)CC1. The summed E-state index contributed by atoms with van der Waals surface area (Å²) in [4.78, 5) is 27.6. The maximum atomic E-state index is 14.2. The number of carbonyl (C=O) groups is 1. The number of carbonyl (C=O) groups excluding carboxylic acids is 1. The molecule has 1 unspecified atom stereocenters. The predicted octanol–water partition coefficient (Wildman–Crippen LogP) is 2.58. The summed E-state index contributed by atoms with van der Waals surface area (Å²) in [6.07, 6.45) is -2.89. The highest BCUT2D eigenvalue weighted by Crippen LogP contribution is 2.53. The first-order valence-corrected chi connectivity index (χ1v) is 10.6. The molecule has 3 aliphatic rings. The molecule has 0 amide bonds. The van der Waals surface area contributed by atoms with Gasteiger partial charge in [0.25, 0.3) is 0 Å². The van der Waals surface area contributed by atoms with Crippen molar-refractivity contribution in [3.63, 3.8) is 0 Å². The number of morpholine rings is 1. The second-order valence-electron chi connectivity index (χ2n) is 8.51. The number of nitrogens with zero attached hydrogens (tertiary/aromatic N) is 4. The molecule has 174 valence electrons. The molecule has 0 radical (unpaired) electrons. The number of hydrogen-bond donors (Lipinski definition) is 1. The van der Waals surface area contributed by atoms with E-state index in [-0.39, 0.29) is 29.7 Å². The van der Waals surface area contributed by atoms with Crippen molar-refractivity contribution < 1.29 is 27.4 Å². The number of esters is 1. The van der Waals surface area contributed by atoms with E-state index in [0.29, 0.717) is 44.8 Å². The standard InChI is InChI=1S/C21H26F3N5O3/c1-3-32-17(30)20(4-5-20)15-10-14(27-18(28-15)29-6-8-31-9-7-29)13-12-26-16(25)11-19(13,2)21(22,23)24/h10,12H,3-9,11H2,1-2H3,(H2,25,26). The molecular weight excluding hydrogens is 427 g/mol. The van der Waals surface area contributed by atoms with Crippen LogP contribution >= 0.6 is 0 Å². The highest BCUT2D eigenvalue weighted by Gasteiger charge is 2.57. The van der Waals surface area contributed by atoms with Crippen molar-refractivity contribution in [2.24, 2.45) is 16.1 Å². The first kappa shape index (κ1) is 22.5. The molecule has 4 rings (SSSR count). The van der Waals surface area contributed by atoms with Crippen LogP contribution in [-0.4, -0.2) is 60.9 Å². The highest BCUT2D eigenvalue weighted by molar-refractivity contribution is 5.89. The van der Waals surface area contributed by atoms with Gasteiger partial charge in [0, 0.05) is 31.3 Å². The van der Waals surface area contributed by atoms with E-state index >= 15 is 0 Å². The summed E-state index contributed by atoms with van der Waals surface area (Å²) in [6.45, 7) is 4.91. The Morgan fingerprint density at radius 1 is 1.28 bits per heavy atom. The largest absolute Gasteiger partial charge is 0.465 e. The second-order valence-corrected chi connectivity index (χ2v) is 8.51. The average molecular weight is 453 g/mol. The zero-order valence-corrected chi connectivity index (χ0v) is 18.0. The van der Waals surface area contributed by atoms with Gasteiger partial charge in [-0.05, 0) is 32.8 Å². The minimum atomic E-state index is -4.58. The number of aromatic nitrogens is 2. The summed E-state index contributed by atoms with van der Waals surface area (Å²) in [5.74, 6) is -0.248. The molecule has 1 aromatic heterocycles. The third-order valence-electron chi connectivity index (χ3n) is 6.30. The summed E-state index contributed by atoms with van der Waals surface area (Å²) in [5.41, 5.74) is 2.79. The van der Waals surface area contributed by atoms with E-state index in [9.17, 15) is 18.0 Å². The number of aliphatic imine (C=N–C) groups is 1. The van der Waals surface area contributed by atoms with Gasteiger partial charge in [-0.3, -0.25) is 4.79 Å². The molecule has 8 nitrogen and oxygen atoms in total. The third kappa shape index (κ3) is 3.82. The van der Waals surface area contributed by atoms with Crippen molar-refractivity contribution in [2.75, 3.05) is 37.8 Å². The molecule has 0 spiro atoms. The molecule has 3 heterocycles. The highest BCUT2D eigenvalue weighted by atomic mass is 19.4. The topological polar surface area (TPSA) is 103 Å². The molecule has 1 saturated heterocycles. The zero-order chi connectivity index (χ0) is 23.1. The van der Waals surface area contributed by atoms with E-state index in [2.05, 4.69) is 15.0 Å². The molecule has 2 fully saturated rings.